The summed E-state index contributed by atoms with van der Waals surface area (Å²) < 4.78 is 40.6. The van der Waals surface area contributed by atoms with Crippen molar-refractivity contribution in [2.45, 2.75) is 58.6 Å². The van der Waals surface area contributed by atoms with E-state index < -0.39 is 0 Å². The van der Waals surface area contributed by atoms with Gasteiger partial charge in [0, 0.05) is 37.0 Å². The van der Waals surface area contributed by atoms with Crippen molar-refractivity contribution in [1.82, 2.24) is 4.90 Å². The Morgan fingerprint density at radius 3 is 2.30 bits per heavy atom. The molecule has 11 heteroatoms. The van der Waals surface area contributed by atoms with Crippen LogP contribution >= 0.6 is 0 Å². The average Bonchev–Trinajstić information content (AvgIpc) is 3.50. The zero-order valence-corrected chi connectivity index (χ0v) is 28.3. The summed E-state index contributed by atoms with van der Waals surface area (Å²) in [5.41, 5.74) is 7.67. The number of nitrogen functional groups attached to an aromatic ring is 1. The van der Waals surface area contributed by atoms with Crippen LogP contribution in [0.15, 0.2) is 47.5 Å². The molecule has 1 amide bonds. The Morgan fingerprint density at radius 1 is 0.915 bits per heavy atom. The number of nitrogens with two attached hydrogens (primary N) is 1. The summed E-state index contributed by atoms with van der Waals surface area (Å²) in [5.74, 6) is 4.03. The van der Waals surface area contributed by atoms with E-state index in [2.05, 4.69) is 18.8 Å². The van der Waals surface area contributed by atoms with Gasteiger partial charge in [0.15, 0.2) is 28.7 Å². The molecule has 0 aliphatic carbocycles. The van der Waals surface area contributed by atoms with Gasteiger partial charge in [-0.1, -0.05) is 13.8 Å². The first kappa shape index (κ1) is 33.6. The lowest BCUT2D eigenvalue weighted by molar-refractivity contribution is 0.0774. The van der Waals surface area contributed by atoms with E-state index in [-0.39, 0.29) is 23.5 Å². The van der Waals surface area contributed by atoms with Crippen LogP contribution in [0.25, 0.3) is 0 Å². The predicted molar refractivity (Wildman–Crippen MR) is 181 cm³/mol. The fraction of sp³-hybridized carbons (Fsp3) is 0.444. The van der Waals surface area contributed by atoms with Crippen molar-refractivity contribution in [2.75, 3.05) is 47.3 Å². The lowest BCUT2D eigenvalue weighted by Crippen LogP contribution is -2.35. The monoisotopic (exact) mass is 647 g/mol. The lowest BCUT2D eigenvalue weighted by atomic mass is 9.88. The second-order valence-corrected chi connectivity index (χ2v) is 12.6. The van der Waals surface area contributed by atoms with Crippen molar-refractivity contribution in [3.8, 4) is 46.0 Å². The van der Waals surface area contributed by atoms with Gasteiger partial charge in [-0.3, -0.25) is 9.79 Å². The molecule has 47 heavy (non-hydrogen) atoms. The molecule has 2 heterocycles. The van der Waals surface area contributed by atoms with Crippen LogP contribution in [-0.2, 0) is 0 Å². The van der Waals surface area contributed by atoms with E-state index in [9.17, 15) is 4.79 Å². The van der Waals surface area contributed by atoms with Gasteiger partial charge >= 0.3 is 0 Å². The first-order valence-corrected chi connectivity index (χ1v) is 15.8. The van der Waals surface area contributed by atoms with Crippen LogP contribution in [0, 0.1) is 5.41 Å². The van der Waals surface area contributed by atoms with E-state index in [1.54, 1.807) is 58.8 Å². The third-order valence-corrected chi connectivity index (χ3v) is 8.49. The Hall–Kier alpha value is -4.80. The van der Waals surface area contributed by atoms with E-state index in [0.717, 1.165) is 32.2 Å². The Balaban J connectivity index is 1.19. The van der Waals surface area contributed by atoms with Crippen molar-refractivity contribution in [3.63, 3.8) is 0 Å². The molecule has 2 aliphatic rings. The molecule has 252 valence electrons. The molecule has 0 spiro atoms. The molecule has 2 unspecified atom stereocenters. The molecule has 11 nitrogen and oxygen atoms in total. The molecule has 2 aliphatic heterocycles. The third-order valence-electron chi connectivity index (χ3n) is 8.49. The van der Waals surface area contributed by atoms with E-state index in [1.165, 1.54) is 0 Å². The van der Waals surface area contributed by atoms with Crippen molar-refractivity contribution in [3.05, 3.63) is 48.0 Å². The molecule has 3 aromatic carbocycles. The molecule has 2 N–H and O–H groups in total. The van der Waals surface area contributed by atoms with E-state index in [0.29, 0.717) is 69.5 Å². The Morgan fingerprint density at radius 2 is 1.62 bits per heavy atom. The molecule has 1 fully saturated rings. The Kier molecular flexibility index (Phi) is 10.2. The second-order valence-electron chi connectivity index (χ2n) is 12.6. The van der Waals surface area contributed by atoms with Gasteiger partial charge in [0.25, 0.3) is 5.91 Å². The average molecular weight is 648 g/mol. The fourth-order valence-electron chi connectivity index (χ4n) is 5.77. The van der Waals surface area contributed by atoms with Gasteiger partial charge in [0.2, 0.25) is 5.75 Å². The number of nitrogens with zero attached hydrogens (tertiary/aromatic N) is 2. The number of carbonyl (C=O) groups excluding carboxylic acids is 1. The highest BCUT2D eigenvalue weighted by molar-refractivity contribution is 6.03. The molecule has 5 rings (SSSR count). The van der Waals surface area contributed by atoms with Gasteiger partial charge in [-0.2, -0.15) is 0 Å². The van der Waals surface area contributed by atoms with E-state index in [4.69, 9.17) is 38.9 Å². The number of benzene rings is 3. The van der Waals surface area contributed by atoms with Gasteiger partial charge in [0.05, 0.1) is 64.1 Å². The number of anilines is 1. The van der Waals surface area contributed by atoms with Crippen LogP contribution in [0.1, 0.15) is 56.8 Å². The zero-order valence-electron chi connectivity index (χ0n) is 28.3. The van der Waals surface area contributed by atoms with Crippen LogP contribution < -0.4 is 38.9 Å². The summed E-state index contributed by atoms with van der Waals surface area (Å²) in [6, 6.07) is 12.4. The Labute approximate surface area is 276 Å². The highest BCUT2D eigenvalue weighted by Crippen LogP contribution is 2.43. The highest BCUT2D eigenvalue weighted by Gasteiger charge is 2.33. The summed E-state index contributed by atoms with van der Waals surface area (Å²) in [7, 11) is 6.22. The van der Waals surface area contributed by atoms with Crippen molar-refractivity contribution in [2.24, 2.45) is 10.4 Å². The number of aliphatic imine (C=N–C) groups is 1. The lowest BCUT2D eigenvalue weighted by Gasteiger charge is -2.27. The standard InChI is InChI=1S/C36H45N3O8/c1-22(46-24-10-11-27(37)29(15-24)47-25-16-32(42-5)34(44-7)33(17-25)43-6)12-13-36(2,3)21-45-31-19-28-26(18-30(31)41-4)35(40)39-14-8-9-23(39)20-38-28/h10-11,15-20,22-23H,8-9,12-14,21,37H2,1-7H3. The van der Waals surface area contributed by atoms with Gasteiger partial charge in [0.1, 0.15) is 11.5 Å². The van der Waals surface area contributed by atoms with Gasteiger partial charge in [-0.15, -0.1) is 0 Å². The van der Waals surface area contributed by atoms with Crippen LogP contribution in [0.2, 0.25) is 0 Å². The molecular formula is C36H45N3O8. The topological polar surface area (TPSA) is 123 Å². The zero-order chi connectivity index (χ0) is 33.7. The molecule has 3 aromatic rings. The number of carbonyl (C=O) groups is 1. The number of fused-ring (bicyclic) bond motifs is 2. The maximum Gasteiger partial charge on any atom is 0.256 e. The quantitative estimate of drug-likeness (QED) is 0.183. The largest absolute Gasteiger partial charge is 0.493 e. The first-order valence-electron chi connectivity index (χ1n) is 15.8. The summed E-state index contributed by atoms with van der Waals surface area (Å²) in [5, 5.41) is 0. The molecule has 0 saturated carbocycles. The van der Waals surface area contributed by atoms with E-state index >= 15 is 0 Å². The van der Waals surface area contributed by atoms with Gasteiger partial charge in [-0.25, -0.2) is 0 Å². The third kappa shape index (κ3) is 7.61. The summed E-state index contributed by atoms with van der Waals surface area (Å²) in [6.45, 7) is 7.52. The number of hydrogen-bond donors (Lipinski definition) is 1. The SMILES string of the molecule is COc1cc2c(cc1OCC(C)(C)CCC(C)Oc1ccc(N)c(Oc3cc(OC)c(OC)c(OC)c3)c1)N=CC1CCCN1C2=O. The first-order chi connectivity index (χ1) is 22.5. The molecule has 0 radical (unpaired) electrons. The fourth-order valence-corrected chi connectivity index (χ4v) is 5.77. The summed E-state index contributed by atoms with van der Waals surface area (Å²) in [6.07, 6.45) is 5.31. The number of methoxy groups -OCH3 is 4. The number of hydrogen-bond acceptors (Lipinski definition) is 10. The normalized spacial score (nSPS) is 16.1. The summed E-state index contributed by atoms with van der Waals surface area (Å²) in [4.78, 5) is 19.7. The number of rotatable bonds is 14. The highest BCUT2D eigenvalue weighted by atomic mass is 16.5. The maximum atomic E-state index is 13.2. The van der Waals surface area contributed by atoms with Crippen LogP contribution in [-0.4, -0.2) is 70.8 Å². The van der Waals surface area contributed by atoms with Crippen LogP contribution in [0.3, 0.4) is 0 Å². The Bertz CT molecular complexity index is 1600. The summed E-state index contributed by atoms with van der Waals surface area (Å²) >= 11 is 0. The number of amides is 1. The predicted octanol–water partition coefficient (Wildman–Crippen LogP) is 7.07. The molecule has 0 aromatic heterocycles. The van der Waals surface area contributed by atoms with E-state index in [1.807, 2.05) is 30.2 Å². The van der Waals surface area contributed by atoms with Crippen molar-refractivity contribution in [1.29, 1.82) is 0 Å². The van der Waals surface area contributed by atoms with Gasteiger partial charge < -0.3 is 43.8 Å². The molecular weight excluding hydrogens is 602 g/mol. The van der Waals surface area contributed by atoms with Crippen molar-refractivity contribution < 1.29 is 38.0 Å². The number of ether oxygens (including phenoxy) is 7. The molecule has 2 atom stereocenters. The minimum atomic E-state index is -0.181. The maximum absolute atomic E-state index is 13.2. The minimum absolute atomic E-state index is 0.0138. The van der Waals surface area contributed by atoms with Crippen molar-refractivity contribution >= 4 is 23.5 Å². The smallest absolute Gasteiger partial charge is 0.256 e. The minimum Gasteiger partial charge on any atom is -0.493 e. The molecule has 0 bridgehead atoms. The van der Waals surface area contributed by atoms with Gasteiger partial charge in [-0.05, 0) is 56.2 Å². The molecule has 1 saturated heterocycles. The van der Waals surface area contributed by atoms with Crippen LogP contribution in [0.5, 0.6) is 46.0 Å². The van der Waals surface area contributed by atoms with Crippen LogP contribution in [0.4, 0.5) is 11.4 Å². The second kappa shape index (κ2) is 14.3.